The summed E-state index contributed by atoms with van der Waals surface area (Å²) >= 11 is 0. The molecule has 0 radical (unpaired) electrons. The predicted octanol–water partition coefficient (Wildman–Crippen LogP) is 0.552. The fourth-order valence-electron chi connectivity index (χ4n) is 1.22. The summed E-state index contributed by atoms with van der Waals surface area (Å²) in [6, 6.07) is 0. The number of aryl methyl sites for hydroxylation is 1. The average Bonchev–Trinajstić information content (AvgIpc) is 2.50. The highest BCUT2D eigenvalue weighted by Gasteiger charge is 1.95. The molecule has 0 aromatic carbocycles. The molecule has 4 heteroatoms. The molecule has 1 atom stereocenters. The molecule has 0 saturated carbocycles. The van der Waals surface area contributed by atoms with Crippen LogP contribution in [0.4, 0.5) is 0 Å². The normalized spacial score (nSPS) is 13.1. The van der Waals surface area contributed by atoms with Gasteiger partial charge in [-0.2, -0.15) is 5.10 Å². The van der Waals surface area contributed by atoms with Gasteiger partial charge < -0.3 is 10.4 Å². The summed E-state index contributed by atoms with van der Waals surface area (Å²) in [7, 11) is 0. The van der Waals surface area contributed by atoms with Gasteiger partial charge in [0.2, 0.25) is 0 Å². The third kappa shape index (κ3) is 4.39. The Morgan fingerprint density at radius 3 is 2.93 bits per heavy atom. The molecule has 0 spiro atoms. The Hall–Kier alpha value is -0.870. The van der Waals surface area contributed by atoms with E-state index in [9.17, 15) is 0 Å². The number of nitrogens with zero attached hydrogens (tertiary/aromatic N) is 2. The van der Waals surface area contributed by atoms with Gasteiger partial charge in [0.15, 0.2) is 0 Å². The van der Waals surface area contributed by atoms with Crippen LogP contribution in [0.5, 0.6) is 0 Å². The van der Waals surface area contributed by atoms with Crippen LogP contribution < -0.4 is 5.32 Å². The van der Waals surface area contributed by atoms with Crippen molar-refractivity contribution in [2.45, 2.75) is 32.9 Å². The van der Waals surface area contributed by atoms with Gasteiger partial charge in [0.25, 0.3) is 0 Å². The Bertz CT molecular complexity index is 258. The summed E-state index contributed by atoms with van der Waals surface area (Å²) in [4.78, 5) is 0. The van der Waals surface area contributed by atoms with E-state index in [-0.39, 0.29) is 6.10 Å². The molecule has 1 aromatic heterocycles. The quantitative estimate of drug-likeness (QED) is 0.655. The molecule has 1 aromatic rings. The van der Waals surface area contributed by atoms with Crippen LogP contribution in [-0.4, -0.2) is 34.1 Å². The van der Waals surface area contributed by atoms with Gasteiger partial charge in [0, 0.05) is 12.7 Å². The summed E-state index contributed by atoms with van der Waals surface area (Å²) < 4.78 is 1.92. The minimum absolute atomic E-state index is 0.213. The molecule has 0 fully saturated rings. The molecular formula is C10H19N3O. The summed E-state index contributed by atoms with van der Waals surface area (Å²) in [6.45, 7) is 6.47. The number of rotatable bonds is 6. The van der Waals surface area contributed by atoms with E-state index in [1.54, 1.807) is 6.92 Å². The van der Waals surface area contributed by atoms with Crippen LogP contribution in [0, 0.1) is 6.92 Å². The molecule has 2 N–H and O–H groups in total. The second-order valence-corrected chi connectivity index (χ2v) is 3.67. The van der Waals surface area contributed by atoms with Crippen molar-refractivity contribution in [3.05, 3.63) is 18.0 Å². The number of hydrogen-bond donors (Lipinski definition) is 2. The summed E-state index contributed by atoms with van der Waals surface area (Å²) in [5.41, 5.74) is 1.19. The third-order valence-corrected chi connectivity index (χ3v) is 2.02. The van der Waals surface area contributed by atoms with E-state index < -0.39 is 0 Å². The van der Waals surface area contributed by atoms with E-state index in [0.29, 0.717) is 0 Å². The van der Waals surface area contributed by atoms with E-state index in [1.807, 2.05) is 24.0 Å². The molecule has 0 amide bonds. The van der Waals surface area contributed by atoms with Crippen molar-refractivity contribution in [3.63, 3.8) is 0 Å². The monoisotopic (exact) mass is 197 g/mol. The molecule has 14 heavy (non-hydrogen) atoms. The van der Waals surface area contributed by atoms with Crippen molar-refractivity contribution < 1.29 is 5.11 Å². The third-order valence-electron chi connectivity index (χ3n) is 2.02. The van der Waals surface area contributed by atoms with E-state index in [4.69, 9.17) is 5.11 Å². The largest absolute Gasteiger partial charge is 0.393 e. The smallest absolute Gasteiger partial charge is 0.0534 e. The van der Waals surface area contributed by atoms with Crippen LogP contribution in [-0.2, 0) is 6.54 Å². The maximum atomic E-state index is 9.01. The van der Waals surface area contributed by atoms with Gasteiger partial charge >= 0.3 is 0 Å². The Morgan fingerprint density at radius 2 is 2.36 bits per heavy atom. The number of hydrogen-bond acceptors (Lipinski definition) is 3. The van der Waals surface area contributed by atoms with E-state index in [2.05, 4.69) is 10.4 Å². The highest BCUT2D eigenvalue weighted by atomic mass is 16.3. The fraction of sp³-hybridized carbons (Fsp3) is 0.700. The first-order valence-corrected chi connectivity index (χ1v) is 5.06. The van der Waals surface area contributed by atoms with Crippen LogP contribution in [0.1, 0.15) is 18.9 Å². The van der Waals surface area contributed by atoms with Crippen molar-refractivity contribution in [2.75, 3.05) is 13.1 Å². The van der Waals surface area contributed by atoms with Gasteiger partial charge in [-0.1, -0.05) is 0 Å². The maximum absolute atomic E-state index is 9.01. The van der Waals surface area contributed by atoms with E-state index >= 15 is 0 Å². The Kier molecular flexibility index (Phi) is 4.62. The Balaban J connectivity index is 2.04. The standard InChI is InChI=1S/C10H19N3O/c1-9-7-12-13(8-9)6-5-11-4-3-10(2)14/h7-8,10-11,14H,3-6H2,1-2H3. The Morgan fingerprint density at radius 1 is 1.57 bits per heavy atom. The molecule has 0 saturated heterocycles. The molecule has 0 aliphatic carbocycles. The van der Waals surface area contributed by atoms with Gasteiger partial charge in [-0.15, -0.1) is 0 Å². The topological polar surface area (TPSA) is 50.1 Å². The summed E-state index contributed by atoms with van der Waals surface area (Å²) in [5, 5.41) is 16.4. The van der Waals surface area contributed by atoms with Crippen molar-refractivity contribution in [3.8, 4) is 0 Å². The molecule has 1 heterocycles. The second kappa shape index (κ2) is 5.78. The van der Waals surface area contributed by atoms with Crippen molar-refractivity contribution in [1.82, 2.24) is 15.1 Å². The summed E-state index contributed by atoms with van der Waals surface area (Å²) in [5.74, 6) is 0. The lowest BCUT2D eigenvalue weighted by Gasteiger charge is -2.06. The molecule has 0 bridgehead atoms. The lowest BCUT2D eigenvalue weighted by molar-refractivity contribution is 0.183. The minimum atomic E-state index is -0.213. The zero-order valence-corrected chi connectivity index (χ0v) is 8.90. The molecule has 1 unspecified atom stereocenters. The summed E-state index contributed by atoms with van der Waals surface area (Å²) in [6.07, 6.45) is 4.47. The number of aliphatic hydroxyl groups excluding tert-OH is 1. The van der Waals surface area contributed by atoms with Gasteiger partial charge in [0.05, 0.1) is 18.8 Å². The van der Waals surface area contributed by atoms with Crippen LogP contribution in [0.3, 0.4) is 0 Å². The lowest BCUT2D eigenvalue weighted by atomic mass is 10.3. The maximum Gasteiger partial charge on any atom is 0.0534 e. The Labute approximate surface area is 84.9 Å². The predicted molar refractivity (Wildman–Crippen MR) is 56.1 cm³/mol. The van der Waals surface area contributed by atoms with Gasteiger partial charge in [-0.3, -0.25) is 4.68 Å². The van der Waals surface area contributed by atoms with Gasteiger partial charge in [0.1, 0.15) is 0 Å². The lowest BCUT2D eigenvalue weighted by Crippen LogP contribution is -2.23. The van der Waals surface area contributed by atoms with Crippen LogP contribution in [0.2, 0.25) is 0 Å². The van der Waals surface area contributed by atoms with Crippen molar-refractivity contribution in [2.24, 2.45) is 0 Å². The van der Waals surface area contributed by atoms with E-state index in [0.717, 1.165) is 26.1 Å². The van der Waals surface area contributed by atoms with Crippen molar-refractivity contribution >= 4 is 0 Å². The van der Waals surface area contributed by atoms with Gasteiger partial charge in [-0.05, 0) is 32.4 Å². The van der Waals surface area contributed by atoms with Crippen LogP contribution in [0.25, 0.3) is 0 Å². The SMILES string of the molecule is Cc1cnn(CCNCCC(C)O)c1. The molecule has 4 nitrogen and oxygen atoms in total. The van der Waals surface area contributed by atoms with E-state index in [1.165, 1.54) is 5.56 Å². The van der Waals surface area contributed by atoms with Crippen LogP contribution >= 0.6 is 0 Å². The average molecular weight is 197 g/mol. The number of aliphatic hydroxyl groups is 1. The van der Waals surface area contributed by atoms with Crippen LogP contribution in [0.15, 0.2) is 12.4 Å². The first-order valence-electron chi connectivity index (χ1n) is 5.06. The number of nitrogens with one attached hydrogen (secondary N) is 1. The first kappa shape index (κ1) is 11.2. The first-order chi connectivity index (χ1) is 6.68. The second-order valence-electron chi connectivity index (χ2n) is 3.67. The highest BCUT2D eigenvalue weighted by molar-refractivity contribution is 4.99. The minimum Gasteiger partial charge on any atom is -0.393 e. The number of aromatic nitrogens is 2. The zero-order chi connectivity index (χ0) is 10.4. The zero-order valence-electron chi connectivity index (χ0n) is 8.90. The molecular weight excluding hydrogens is 178 g/mol. The molecule has 80 valence electrons. The fourth-order valence-corrected chi connectivity index (χ4v) is 1.22. The highest BCUT2D eigenvalue weighted by Crippen LogP contribution is 1.93. The molecule has 0 aliphatic heterocycles. The molecule has 0 aliphatic rings. The van der Waals surface area contributed by atoms with Crippen molar-refractivity contribution in [1.29, 1.82) is 0 Å². The molecule has 1 rings (SSSR count). The van der Waals surface area contributed by atoms with Gasteiger partial charge in [-0.25, -0.2) is 0 Å².